The Morgan fingerprint density at radius 3 is 2.35 bits per heavy atom. The molecule has 3 rings (SSSR count). The summed E-state index contributed by atoms with van der Waals surface area (Å²) in [5, 5.41) is 3.25. The Labute approximate surface area is 156 Å². The molecule has 0 atom stereocenters. The molecule has 0 spiro atoms. The zero-order valence-electron chi connectivity index (χ0n) is 14.1. The highest BCUT2D eigenvalue weighted by atomic mass is 35.5. The third-order valence-electron chi connectivity index (χ3n) is 4.31. The Bertz CT molecular complexity index is 739. The zero-order chi connectivity index (χ0) is 17.9. The van der Waals surface area contributed by atoms with E-state index in [1.165, 1.54) is 12.1 Å². The van der Waals surface area contributed by atoms with Crippen LogP contribution >= 0.6 is 12.4 Å². The number of hydrogen-bond donors (Lipinski definition) is 1. The van der Waals surface area contributed by atoms with Crippen molar-refractivity contribution in [2.75, 3.05) is 26.2 Å². The molecule has 1 saturated heterocycles. The van der Waals surface area contributed by atoms with Crippen molar-refractivity contribution in [2.45, 2.75) is 12.6 Å². The highest BCUT2D eigenvalue weighted by Gasteiger charge is 2.30. The summed E-state index contributed by atoms with van der Waals surface area (Å²) in [5.41, 5.74) is 1.08. The predicted molar refractivity (Wildman–Crippen MR) is 97.5 cm³/mol. The molecule has 2 aromatic carbocycles. The summed E-state index contributed by atoms with van der Waals surface area (Å²) in [4.78, 5) is 14.7. The Morgan fingerprint density at radius 2 is 1.65 bits per heavy atom. The van der Waals surface area contributed by atoms with Gasteiger partial charge in [-0.15, -0.1) is 12.4 Å². The van der Waals surface area contributed by atoms with E-state index in [4.69, 9.17) is 0 Å². The van der Waals surface area contributed by atoms with Gasteiger partial charge in [0.25, 0.3) is 5.91 Å². The van der Waals surface area contributed by atoms with Crippen LogP contribution in [0.25, 0.3) is 11.1 Å². The Morgan fingerprint density at radius 1 is 0.962 bits per heavy atom. The summed E-state index contributed by atoms with van der Waals surface area (Å²) in [5.74, 6) is -0.0841. The molecule has 1 amide bonds. The summed E-state index contributed by atoms with van der Waals surface area (Å²) >= 11 is 0. The highest BCUT2D eigenvalue weighted by Crippen LogP contribution is 2.32. The molecule has 0 radical (unpaired) electrons. The van der Waals surface area contributed by atoms with Gasteiger partial charge in [-0.2, -0.15) is 13.2 Å². The van der Waals surface area contributed by atoms with E-state index < -0.39 is 11.7 Å². The molecule has 1 fully saturated rings. The molecule has 1 aliphatic rings. The fourth-order valence-corrected chi connectivity index (χ4v) is 2.98. The van der Waals surface area contributed by atoms with Crippen molar-refractivity contribution in [1.29, 1.82) is 0 Å². The summed E-state index contributed by atoms with van der Waals surface area (Å²) < 4.78 is 38.2. The van der Waals surface area contributed by atoms with Gasteiger partial charge in [0, 0.05) is 25.2 Å². The minimum absolute atomic E-state index is 0. The van der Waals surface area contributed by atoms with E-state index in [2.05, 4.69) is 5.32 Å². The van der Waals surface area contributed by atoms with Gasteiger partial charge < -0.3 is 10.2 Å². The summed E-state index contributed by atoms with van der Waals surface area (Å²) in [6.07, 6.45) is -3.49. The topological polar surface area (TPSA) is 32.3 Å². The first-order chi connectivity index (χ1) is 12.0. The number of alkyl halides is 3. The number of carbonyl (C=O) groups excluding carboxylic acids is 1. The molecular formula is C19H20ClF3N2O. The van der Waals surface area contributed by atoms with Crippen molar-refractivity contribution in [1.82, 2.24) is 10.2 Å². The van der Waals surface area contributed by atoms with Crippen LogP contribution in [0.3, 0.4) is 0 Å². The van der Waals surface area contributed by atoms with Gasteiger partial charge >= 0.3 is 6.18 Å². The molecule has 1 N–H and O–H groups in total. The van der Waals surface area contributed by atoms with Crippen molar-refractivity contribution < 1.29 is 18.0 Å². The molecule has 0 aliphatic carbocycles. The molecule has 1 heterocycles. The van der Waals surface area contributed by atoms with Gasteiger partial charge in [0.2, 0.25) is 0 Å². The average Bonchev–Trinajstić information content (AvgIpc) is 2.90. The lowest BCUT2D eigenvalue weighted by Crippen LogP contribution is -2.34. The molecule has 0 unspecified atom stereocenters. The summed E-state index contributed by atoms with van der Waals surface area (Å²) in [6, 6.07) is 12.0. The molecule has 0 aromatic heterocycles. The Hall–Kier alpha value is -2.05. The van der Waals surface area contributed by atoms with Gasteiger partial charge in [0.15, 0.2) is 0 Å². The van der Waals surface area contributed by atoms with E-state index in [-0.39, 0.29) is 18.3 Å². The largest absolute Gasteiger partial charge is 0.416 e. The standard InChI is InChI=1S/C19H19F3N2O.ClH/c20-19(21,22)15-8-6-14(7-9-15)16-4-1-2-5-17(16)18(25)24-12-3-10-23-11-13-24;/h1-2,4-9,23H,3,10-13H2;1H. The first-order valence-electron chi connectivity index (χ1n) is 8.23. The number of rotatable bonds is 2. The average molecular weight is 385 g/mol. The van der Waals surface area contributed by atoms with Crippen LogP contribution in [-0.2, 0) is 6.18 Å². The lowest BCUT2D eigenvalue weighted by atomic mass is 9.97. The molecule has 3 nitrogen and oxygen atoms in total. The zero-order valence-corrected chi connectivity index (χ0v) is 14.9. The van der Waals surface area contributed by atoms with Crippen LogP contribution in [0.1, 0.15) is 22.3 Å². The molecule has 26 heavy (non-hydrogen) atoms. The van der Waals surface area contributed by atoms with E-state index >= 15 is 0 Å². The number of amides is 1. The van der Waals surface area contributed by atoms with Crippen LogP contribution in [0.5, 0.6) is 0 Å². The molecule has 2 aromatic rings. The van der Waals surface area contributed by atoms with Crippen LogP contribution in [-0.4, -0.2) is 37.0 Å². The number of benzene rings is 2. The van der Waals surface area contributed by atoms with E-state index in [0.29, 0.717) is 29.8 Å². The number of halogens is 4. The second-order valence-corrected chi connectivity index (χ2v) is 6.02. The van der Waals surface area contributed by atoms with E-state index in [1.54, 1.807) is 29.2 Å². The van der Waals surface area contributed by atoms with Crippen molar-refractivity contribution in [2.24, 2.45) is 0 Å². The van der Waals surface area contributed by atoms with Crippen LogP contribution in [0.2, 0.25) is 0 Å². The maximum atomic E-state index is 12.9. The molecule has 0 saturated carbocycles. The summed E-state index contributed by atoms with van der Waals surface area (Å²) in [6.45, 7) is 2.92. The number of nitrogens with one attached hydrogen (secondary N) is 1. The van der Waals surface area contributed by atoms with Gasteiger partial charge in [0.1, 0.15) is 0 Å². The van der Waals surface area contributed by atoms with E-state index in [0.717, 1.165) is 31.6 Å². The smallest absolute Gasteiger partial charge is 0.337 e. The fourth-order valence-electron chi connectivity index (χ4n) is 2.98. The van der Waals surface area contributed by atoms with E-state index in [1.807, 2.05) is 0 Å². The van der Waals surface area contributed by atoms with Gasteiger partial charge in [-0.25, -0.2) is 0 Å². The fraction of sp³-hybridized carbons (Fsp3) is 0.316. The monoisotopic (exact) mass is 384 g/mol. The highest BCUT2D eigenvalue weighted by molar-refractivity contribution is 6.00. The normalized spacial score (nSPS) is 15.1. The number of hydrogen-bond acceptors (Lipinski definition) is 2. The van der Waals surface area contributed by atoms with Gasteiger partial charge in [-0.05, 0) is 42.3 Å². The lowest BCUT2D eigenvalue weighted by Gasteiger charge is -2.21. The Kier molecular flexibility index (Phi) is 6.67. The van der Waals surface area contributed by atoms with Crippen molar-refractivity contribution in [3.63, 3.8) is 0 Å². The quantitative estimate of drug-likeness (QED) is 0.840. The van der Waals surface area contributed by atoms with Gasteiger partial charge in [0.05, 0.1) is 5.56 Å². The molecule has 1 aliphatic heterocycles. The maximum Gasteiger partial charge on any atom is 0.416 e. The number of nitrogens with zero attached hydrogens (tertiary/aromatic N) is 1. The van der Waals surface area contributed by atoms with Gasteiger partial charge in [-0.1, -0.05) is 30.3 Å². The second-order valence-electron chi connectivity index (χ2n) is 6.02. The van der Waals surface area contributed by atoms with Crippen LogP contribution in [0, 0.1) is 0 Å². The molecule has 0 bridgehead atoms. The van der Waals surface area contributed by atoms with Crippen LogP contribution < -0.4 is 5.32 Å². The molecular weight excluding hydrogens is 365 g/mol. The van der Waals surface area contributed by atoms with Crippen molar-refractivity contribution >= 4 is 18.3 Å². The third kappa shape index (κ3) is 4.56. The Balaban J connectivity index is 0.00000243. The van der Waals surface area contributed by atoms with Crippen molar-refractivity contribution in [3.05, 3.63) is 59.7 Å². The minimum atomic E-state index is -4.37. The van der Waals surface area contributed by atoms with Crippen LogP contribution in [0.15, 0.2) is 48.5 Å². The number of carbonyl (C=O) groups is 1. The predicted octanol–water partition coefficient (Wildman–Crippen LogP) is 4.23. The second kappa shape index (κ2) is 8.56. The summed E-state index contributed by atoms with van der Waals surface area (Å²) in [7, 11) is 0. The minimum Gasteiger partial charge on any atom is -0.337 e. The maximum absolute atomic E-state index is 12.9. The molecule has 7 heteroatoms. The van der Waals surface area contributed by atoms with Crippen molar-refractivity contribution in [3.8, 4) is 11.1 Å². The first-order valence-corrected chi connectivity index (χ1v) is 8.23. The van der Waals surface area contributed by atoms with E-state index in [9.17, 15) is 18.0 Å². The molecule has 140 valence electrons. The van der Waals surface area contributed by atoms with Gasteiger partial charge in [-0.3, -0.25) is 4.79 Å². The third-order valence-corrected chi connectivity index (χ3v) is 4.31. The first kappa shape index (κ1) is 20.3. The SMILES string of the molecule is Cl.O=C(c1ccccc1-c1ccc(C(F)(F)F)cc1)N1CCCNCC1. The lowest BCUT2D eigenvalue weighted by molar-refractivity contribution is -0.137. The van der Waals surface area contributed by atoms with Crippen LogP contribution in [0.4, 0.5) is 13.2 Å².